The molecule has 1 aliphatic carbocycles. The average Bonchev–Trinajstić information content (AvgIpc) is 2.55. The van der Waals surface area contributed by atoms with Crippen LogP contribution in [0.5, 0.6) is 0 Å². The maximum Gasteiger partial charge on any atom is 0.316 e. The van der Waals surface area contributed by atoms with E-state index in [9.17, 15) is 9.59 Å². The van der Waals surface area contributed by atoms with Crippen LogP contribution in [0.4, 0.5) is 5.69 Å². The fourth-order valence-corrected chi connectivity index (χ4v) is 3.23. The molecule has 1 N–H and O–H groups in total. The predicted octanol–water partition coefficient (Wildman–Crippen LogP) is 4.19. The summed E-state index contributed by atoms with van der Waals surface area (Å²) < 4.78 is 4.95. The number of benzene rings is 2. The first-order chi connectivity index (χ1) is 11.5. The smallest absolute Gasteiger partial charge is 0.316 e. The minimum Gasteiger partial charge on any atom is -0.468 e. The van der Waals surface area contributed by atoms with Crippen molar-refractivity contribution in [2.24, 2.45) is 0 Å². The van der Waals surface area contributed by atoms with Gasteiger partial charge in [-0.05, 0) is 48.7 Å². The van der Waals surface area contributed by atoms with E-state index in [1.807, 2.05) is 12.1 Å². The Morgan fingerprint density at radius 1 is 1.12 bits per heavy atom. The Morgan fingerprint density at radius 2 is 1.83 bits per heavy atom. The molecule has 0 aliphatic heterocycles. The molecule has 2 aromatic rings. The van der Waals surface area contributed by atoms with Crippen LogP contribution in [-0.2, 0) is 14.9 Å². The summed E-state index contributed by atoms with van der Waals surface area (Å²) >= 11 is 5.90. The molecule has 0 atom stereocenters. The lowest BCUT2D eigenvalue weighted by molar-refractivity contribution is -0.151. The molecule has 0 unspecified atom stereocenters. The summed E-state index contributed by atoms with van der Waals surface area (Å²) in [5, 5.41) is 3.35. The SMILES string of the molecule is COC(=O)C1(c2ccc(NC(=O)c3cccc(Cl)c3)cc2)CCC1. The predicted molar refractivity (Wildman–Crippen MR) is 93.4 cm³/mol. The maximum absolute atomic E-state index is 12.2. The number of anilines is 1. The molecule has 4 nitrogen and oxygen atoms in total. The Labute approximate surface area is 145 Å². The number of hydrogen-bond donors (Lipinski definition) is 1. The molecule has 2 aromatic carbocycles. The molecule has 0 spiro atoms. The summed E-state index contributed by atoms with van der Waals surface area (Å²) in [7, 11) is 1.42. The minimum atomic E-state index is -0.524. The summed E-state index contributed by atoms with van der Waals surface area (Å²) in [6.07, 6.45) is 2.62. The summed E-state index contributed by atoms with van der Waals surface area (Å²) in [5.74, 6) is -0.416. The number of carbonyl (C=O) groups is 2. The first-order valence-corrected chi connectivity index (χ1v) is 8.19. The second-order valence-corrected chi connectivity index (χ2v) is 6.41. The number of methoxy groups -OCH3 is 1. The van der Waals surface area contributed by atoms with Crippen LogP contribution in [0.2, 0.25) is 5.02 Å². The van der Waals surface area contributed by atoms with Gasteiger partial charge in [0.25, 0.3) is 5.91 Å². The largest absolute Gasteiger partial charge is 0.468 e. The van der Waals surface area contributed by atoms with Gasteiger partial charge in [0.15, 0.2) is 0 Å². The van der Waals surface area contributed by atoms with Crippen molar-refractivity contribution < 1.29 is 14.3 Å². The summed E-state index contributed by atoms with van der Waals surface area (Å²) in [6, 6.07) is 14.1. The molecule has 1 saturated carbocycles. The molecule has 24 heavy (non-hydrogen) atoms. The lowest BCUT2D eigenvalue weighted by Crippen LogP contribution is -2.43. The molecule has 1 amide bonds. The Balaban J connectivity index is 1.75. The number of rotatable bonds is 4. The highest BCUT2D eigenvalue weighted by Crippen LogP contribution is 2.44. The normalized spacial score (nSPS) is 15.2. The molecule has 0 saturated heterocycles. The molecule has 124 valence electrons. The number of halogens is 1. The molecule has 1 fully saturated rings. The quantitative estimate of drug-likeness (QED) is 0.847. The third kappa shape index (κ3) is 3.02. The number of carbonyl (C=O) groups excluding carboxylic acids is 2. The van der Waals surface area contributed by atoms with Crippen molar-refractivity contribution in [2.75, 3.05) is 12.4 Å². The first kappa shape index (κ1) is 16.5. The van der Waals surface area contributed by atoms with Crippen LogP contribution in [0, 0.1) is 0 Å². The van der Waals surface area contributed by atoms with Crippen LogP contribution in [0.3, 0.4) is 0 Å². The molecule has 5 heteroatoms. The van der Waals surface area contributed by atoms with E-state index in [2.05, 4.69) is 5.32 Å². The fraction of sp³-hybridized carbons (Fsp3) is 0.263. The zero-order valence-electron chi connectivity index (χ0n) is 13.3. The summed E-state index contributed by atoms with van der Waals surface area (Å²) in [5.41, 5.74) is 1.57. The Hall–Kier alpha value is -2.33. The van der Waals surface area contributed by atoms with E-state index >= 15 is 0 Å². The second kappa shape index (κ2) is 6.65. The van der Waals surface area contributed by atoms with Gasteiger partial charge in [0.2, 0.25) is 0 Å². The van der Waals surface area contributed by atoms with E-state index in [1.54, 1.807) is 36.4 Å². The van der Waals surface area contributed by atoms with Crippen LogP contribution in [0.15, 0.2) is 48.5 Å². The van der Waals surface area contributed by atoms with E-state index in [0.29, 0.717) is 16.3 Å². The lowest BCUT2D eigenvalue weighted by atomic mass is 9.64. The van der Waals surface area contributed by atoms with Crippen LogP contribution in [0.25, 0.3) is 0 Å². The average molecular weight is 344 g/mol. The zero-order valence-corrected chi connectivity index (χ0v) is 14.1. The number of nitrogens with one attached hydrogen (secondary N) is 1. The molecule has 0 heterocycles. The van der Waals surface area contributed by atoms with Crippen LogP contribution >= 0.6 is 11.6 Å². The Bertz CT molecular complexity index is 766. The van der Waals surface area contributed by atoms with Gasteiger partial charge in [0, 0.05) is 16.3 Å². The van der Waals surface area contributed by atoms with Crippen LogP contribution < -0.4 is 5.32 Å². The highest BCUT2D eigenvalue weighted by atomic mass is 35.5. The third-order valence-corrected chi connectivity index (χ3v) is 4.80. The van der Waals surface area contributed by atoms with Crippen molar-refractivity contribution in [1.82, 2.24) is 0 Å². The van der Waals surface area contributed by atoms with Gasteiger partial charge in [-0.15, -0.1) is 0 Å². The van der Waals surface area contributed by atoms with Crippen molar-refractivity contribution in [3.63, 3.8) is 0 Å². The Morgan fingerprint density at radius 3 is 2.38 bits per heavy atom. The highest BCUT2D eigenvalue weighted by Gasteiger charge is 2.46. The van der Waals surface area contributed by atoms with Crippen LogP contribution in [0.1, 0.15) is 35.2 Å². The lowest BCUT2D eigenvalue weighted by Gasteiger charge is -2.39. The van der Waals surface area contributed by atoms with Gasteiger partial charge in [0.1, 0.15) is 0 Å². The molecular weight excluding hydrogens is 326 g/mol. The second-order valence-electron chi connectivity index (χ2n) is 5.97. The first-order valence-electron chi connectivity index (χ1n) is 7.81. The number of ether oxygens (including phenoxy) is 1. The number of esters is 1. The van der Waals surface area contributed by atoms with Crippen molar-refractivity contribution in [3.05, 3.63) is 64.7 Å². The van der Waals surface area contributed by atoms with Gasteiger partial charge in [-0.3, -0.25) is 9.59 Å². The topological polar surface area (TPSA) is 55.4 Å². The van der Waals surface area contributed by atoms with E-state index in [0.717, 1.165) is 24.8 Å². The summed E-state index contributed by atoms with van der Waals surface area (Å²) in [4.78, 5) is 24.3. The molecule has 1 aliphatic rings. The van der Waals surface area contributed by atoms with Gasteiger partial charge in [-0.1, -0.05) is 36.2 Å². The molecule has 0 aromatic heterocycles. The van der Waals surface area contributed by atoms with Gasteiger partial charge in [-0.25, -0.2) is 0 Å². The fourth-order valence-electron chi connectivity index (χ4n) is 3.04. The number of hydrogen-bond acceptors (Lipinski definition) is 3. The van der Waals surface area contributed by atoms with Gasteiger partial charge < -0.3 is 10.1 Å². The summed E-state index contributed by atoms with van der Waals surface area (Å²) in [6.45, 7) is 0. The van der Waals surface area contributed by atoms with Gasteiger partial charge in [0.05, 0.1) is 12.5 Å². The van der Waals surface area contributed by atoms with Crippen molar-refractivity contribution >= 4 is 29.2 Å². The van der Waals surface area contributed by atoms with E-state index in [1.165, 1.54) is 7.11 Å². The Kier molecular flexibility index (Phi) is 4.58. The van der Waals surface area contributed by atoms with Crippen molar-refractivity contribution in [1.29, 1.82) is 0 Å². The molecule has 3 rings (SSSR count). The van der Waals surface area contributed by atoms with E-state index < -0.39 is 5.41 Å². The molecule has 0 bridgehead atoms. The van der Waals surface area contributed by atoms with Gasteiger partial charge in [-0.2, -0.15) is 0 Å². The maximum atomic E-state index is 12.2. The van der Waals surface area contributed by atoms with Crippen LogP contribution in [-0.4, -0.2) is 19.0 Å². The molecular formula is C19H18ClNO3. The van der Waals surface area contributed by atoms with Crippen molar-refractivity contribution in [3.8, 4) is 0 Å². The van der Waals surface area contributed by atoms with Gasteiger partial charge >= 0.3 is 5.97 Å². The highest BCUT2D eigenvalue weighted by molar-refractivity contribution is 6.31. The monoisotopic (exact) mass is 343 g/mol. The third-order valence-electron chi connectivity index (χ3n) is 4.57. The molecule has 0 radical (unpaired) electrons. The zero-order chi connectivity index (χ0) is 17.2. The van der Waals surface area contributed by atoms with Crippen molar-refractivity contribution in [2.45, 2.75) is 24.7 Å². The number of amides is 1. The van der Waals surface area contributed by atoms with E-state index in [4.69, 9.17) is 16.3 Å². The standard InChI is InChI=1S/C19H18ClNO3/c1-24-18(23)19(10-3-11-19)14-6-8-16(9-7-14)21-17(22)13-4-2-5-15(20)12-13/h2,4-9,12H,3,10-11H2,1H3,(H,21,22). The van der Waals surface area contributed by atoms with E-state index in [-0.39, 0.29) is 11.9 Å². The minimum absolute atomic E-state index is 0.190.